The maximum absolute atomic E-state index is 11.9. The Hall–Kier alpha value is -0.610. The fourth-order valence-corrected chi connectivity index (χ4v) is 4.76. The van der Waals surface area contributed by atoms with E-state index in [1.54, 1.807) is 26.1 Å². The number of rotatable bonds is 6. The fourth-order valence-electron chi connectivity index (χ4n) is 4.76. The third-order valence-electron chi connectivity index (χ3n) is 6.05. The van der Waals surface area contributed by atoms with Crippen LogP contribution in [-0.2, 0) is 14.3 Å². The molecule has 3 aliphatic rings. The summed E-state index contributed by atoms with van der Waals surface area (Å²) in [5, 5.41) is 6.95. The Bertz CT molecular complexity index is 509. The van der Waals surface area contributed by atoms with Gasteiger partial charge in [0.15, 0.2) is 5.96 Å². The average Bonchev–Trinajstić information content (AvgIpc) is 3.24. The van der Waals surface area contributed by atoms with Crippen LogP contribution in [0.1, 0.15) is 32.1 Å². The van der Waals surface area contributed by atoms with Crippen molar-refractivity contribution in [2.24, 2.45) is 16.3 Å². The molecule has 2 N–H and O–H groups in total. The number of hydrogen-bond acceptors (Lipinski definition) is 4. The van der Waals surface area contributed by atoms with Gasteiger partial charge in [0.25, 0.3) is 0 Å². The summed E-state index contributed by atoms with van der Waals surface area (Å²) in [6.45, 7) is 2.30. The monoisotopic (exact) mass is 480 g/mol. The molecule has 3 rings (SSSR count). The Kier molecular flexibility index (Phi) is 7.96. The first-order chi connectivity index (χ1) is 12.1. The third kappa shape index (κ3) is 4.27. The molecule has 0 aromatic rings. The summed E-state index contributed by atoms with van der Waals surface area (Å²) in [5.74, 6) is 1.28. The number of aliphatic imine (C=N–C) groups is 1. The quantitative estimate of drug-likeness (QED) is 0.259. The Morgan fingerprint density at radius 1 is 1.35 bits per heavy atom. The van der Waals surface area contributed by atoms with Crippen LogP contribution in [0.25, 0.3) is 0 Å². The van der Waals surface area contributed by atoms with Crippen molar-refractivity contribution < 1.29 is 14.3 Å². The van der Waals surface area contributed by atoms with Crippen molar-refractivity contribution >= 4 is 35.8 Å². The zero-order valence-electron chi connectivity index (χ0n) is 16.1. The lowest BCUT2D eigenvalue weighted by molar-refractivity contribution is -0.127. The number of nitrogens with zero attached hydrogens (tertiary/aromatic N) is 2. The largest absolute Gasteiger partial charge is 0.383 e. The predicted octanol–water partition coefficient (Wildman–Crippen LogP) is 1.22. The zero-order chi connectivity index (χ0) is 17.9. The van der Waals surface area contributed by atoms with E-state index in [9.17, 15) is 4.79 Å². The summed E-state index contributed by atoms with van der Waals surface area (Å²) in [6.07, 6.45) is 6.56. The van der Waals surface area contributed by atoms with Gasteiger partial charge in [-0.15, -0.1) is 24.0 Å². The summed E-state index contributed by atoms with van der Waals surface area (Å²) >= 11 is 0. The van der Waals surface area contributed by atoms with Gasteiger partial charge in [-0.2, -0.15) is 0 Å². The van der Waals surface area contributed by atoms with Crippen LogP contribution in [0.4, 0.5) is 0 Å². The molecule has 1 heterocycles. The number of ether oxygens (including phenoxy) is 2. The van der Waals surface area contributed by atoms with Crippen molar-refractivity contribution in [3.05, 3.63) is 0 Å². The molecule has 26 heavy (non-hydrogen) atoms. The molecule has 0 radical (unpaired) electrons. The first kappa shape index (κ1) is 21.7. The fraction of sp³-hybridized carbons (Fsp3) is 0.889. The zero-order valence-corrected chi connectivity index (χ0v) is 18.5. The van der Waals surface area contributed by atoms with E-state index in [0.717, 1.165) is 13.0 Å². The van der Waals surface area contributed by atoms with Gasteiger partial charge in [-0.1, -0.05) is 12.8 Å². The van der Waals surface area contributed by atoms with Gasteiger partial charge in [0, 0.05) is 51.7 Å². The number of likely N-dealkylation sites (N-methyl/N-ethyl adjacent to an activating group) is 1. The lowest BCUT2D eigenvalue weighted by atomic mass is 9.54. The lowest BCUT2D eigenvalue weighted by Crippen LogP contribution is -2.69. The van der Waals surface area contributed by atoms with Crippen molar-refractivity contribution in [2.75, 3.05) is 47.5 Å². The molecular formula is C18H33IN4O3. The number of amides is 1. The first-order valence-electron chi connectivity index (χ1n) is 9.44. The Labute approximate surface area is 173 Å². The molecule has 1 amide bonds. The second-order valence-corrected chi connectivity index (χ2v) is 7.68. The molecule has 0 aromatic heterocycles. The van der Waals surface area contributed by atoms with Crippen LogP contribution >= 0.6 is 24.0 Å². The lowest BCUT2D eigenvalue weighted by Gasteiger charge is -2.57. The van der Waals surface area contributed by atoms with Gasteiger partial charge in [0.2, 0.25) is 5.91 Å². The normalized spacial score (nSPS) is 28.9. The van der Waals surface area contributed by atoms with E-state index in [4.69, 9.17) is 9.47 Å². The third-order valence-corrected chi connectivity index (χ3v) is 6.05. The number of nitrogens with one attached hydrogen (secondary N) is 2. The van der Waals surface area contributed by atoms with Crippen LogP contribution < -0.4 is 10.6 Å². The van der Waals surface area contributed by atoms with E-state index in [0.29, 0.717) is 37.2 Å². The number of methoxy groups -OCH3 is 1. The second-order valence-electron chi connectivity index (χ2n) is 7.68. The topological polar surface area (TPSA) is 75.2 Å². The smallest absolute Gasteiger partial charge is 0.243 e. The minimum absolute atomic E-state index is 0. The molecule has 3 unspecified atom stereocenters. The molecule has 0 aromatic carbocycles. The molecule has 2 saturated carbocycles. The van der Waals surface area contributed by atoms with Crippen LogP contribution in [0.15, 0.2) is 4.99 Å². The molecule has 150 valence electrons. The highest BCUT2D eigenvalue weighted by Crippen LogP contribution is 2.60. The molecule has 7 nitrogen and oxygen atoms in total. The summed E-state index contributed by atoms with van der Waals surface area (Å²) in [5.41, 5.74) is 0.260. The van der Waals surface area contributed by atoms with Crippen molar-refractivity contribution in [1.82, 2.24) is 15.5 Å². The number of fused-ring (bicyclic) bond motifs is 2. The highest BCUT2D eigenvalue weighted by atomic mass is 127. The molecule has 0 bridgehead atoms. The minimum atomic E-state index is -0.000827. The van der Waals surface area contributed by atoms with Crippen molar-refractivity contribution in [3.63, 3.8) is 0 Å². The average molecular weight is 480 g/mol. The highest BCUT2D eigenvalue weighted by molar-refractivity contribution is 14.0. The Balaban J connectivity index is 0.00000243. The first-order valence-corrected chi connectivity index (χ1v) is 9.44. The Morgan fingerprint density at radius 2 is 2.08 bits per heavy atom. The van der Waals surface area contributed by atoms with Gasteiger partial charge >= 0.3 is 0 Å². The summed E-state index contributed by atoms with van der Waals surface area (Å²) in [6, 6.07) is 0.394. The standard InChI is InChI=1S/C18H32N4O3.HI/c1-22(2)14(23)12-20-17(19-9-11-24-3)21-15-13-6-10-25-16(13)18(15)7-4-5-8-18;/h13,15-16H,4-12H2,1-3H3,(H2,19,20,21);1H. The summed E-state index contributed by atoms with van der Waals surface area (Å²) in [4.78, 5) is 18.0. The van der Waals surface area contributed by atoms with Crippen LogP contribution in [-0.4, -0.2) is 76.4 Å². The molecular weight excluding hydrogens is 447 g/mol. The molecule has 1 saturated heterocycles. The minimum Gasteiger partial charge on any atom is -0.383 e. The van der Waals surface area contributed by atoms with Gasteiger partial charge < -0.3 is 25.0 Å². The van der Waals surface area contributed by atoms with E-state index in [2.05, 4.69) is 15.6 Å². The van der Waals surface area contributed by atoms with Crippen LogP contribution in [0, 0.1) is 11.3 Å². The molecule has 8 heteroatoms. The summed E-state index contributed by atoms with van der Waals surface area (Å²) < 4.78 is 11.2. The van der Waals surface area contributed by atoms with E-state index in [-0.39, 0.29) is 41.8 Å². The Morgan fingerprint density at radius 3 is 2.73 bits per heavy atom. The van der Waals surface area contributed by atoms with E-state index >= 15 is 0 Å². The van der Waals surface area contributed by atoms with Crippen LogP contribution in [0.2, 0.25) is 0 Å². The van der Waals surface area contributed by atoms with Gasteiger partial charge in [0.05, 0.1) is 12.7 Å². The molecule has 2 aliphatic carbocycles. The van der Waals surface area contributed by atoms with Gasteiger partial charge in [-0.25, -0.2) is 4.99 Å². The van der Waals surface area contributed by atoms with Crippen molar-refractivity contribution in [1.29, 1.82) is 0 Å². The van der Waals surface area contributed by atoms with Crippen molar-refractivity contribution in [3.8, 4) is 0 Å². The van der Waals surface area contributed by atoms with E-state index < -0.39 is 0 Å². The van der Waals surface area contributed by atoms with E-state index in [1.165, 1.54) is 25.7 Å². The number of carbonyl (C=O) groups excluding carboxylic acids is 1. The predicted molar refractivity (Wildman–Crippen MR) is 112 cm³/mol. The number of carbonyl (C=O) groups is 1. The number of halogens is 1. The second kappa shape index (κ2) is 9.54. The van der Waals surface area contributed by atoms with Gasteiger partial charge in [0.1, 0.15) is 6.54 Å². The molecule has 3 atom stereocenters. The molecule has 1 spiro atoms. The number of hydrogen-bond donors (Lipinski definition) is 2. The molecule has 3 fully saturated rings. The van der Waals surface area contributed by atoms with Crippen molar-refractivity contribution in [2.45, 2.75) is 44.2 Å². The van der Waals surface area contributed by atoms with Gasteiger partial charge in [-0.05, 0) is 19.3 Å². The SMILES string of the molecule is COCCNC(=NCC(=O)N(C)C)NC1C2CCOC2C12CCCC2.I. The van der Waals surface area contributed by atoms with Crippen LogP contribution in [0.5, 0.6) is 0 Å². The number of guanidine groups is 1. The highest BCUT2D eigenvalue weighted by Gasteiger charge is 2.65. The van der Waals surface area contributed by atoms with Gasteiger partial charge in [-0.3, -0.25) is 4.79 Å². The van der Waals surface area contributed by atoms with E-state index in [1.807, 2.05) is 0 Å². The molecule has 1 aliphatic heterocycles. The maximum atomic E-state index is 11.9. The van der Waals surface area contributed by atoms with Crippen LogP contribution in [0.3, 0.4) is 0 Å². The summed E-state index contributed by atoms with van der Waals surface area (Å²) in [7, 11) is 5.19. The maximum Gasteiger partial charge on any atom is 0.243 e.